The number of rotatable bonds is 5. The van der Waals surface area contributed by atoms with Gasteiger partial charge in [0.1, 0.15) is 5.75 Å². The summed E-state index contributed by atoms with van der Waals surface area (Å²) in [6, 6.07) is 20.2. The Morgan fingerprint density at radius 2 is 1.97 bits per heavy atom. The zero-order valence-electron chi connectivity index (χ0n) is 20.2. The number of hydrogen-bond acceptors (Lipinski definition) is 4. The van der Waals surface area contributed by atoms with Gasteiger partial charge in [-0.1, -0.05) is 36.8 Å². The van der Waals surface area contributed by atoms with Gasteiger partial charge in [0.15, 0.2) is 0 Å². The molecule has 5 nitrogen and oxygen atoms in total. The number of aromatic amines is 1. The molecule has 1 fully saturated rings. The van der Waals surface area contributed by atoms with Crippen LogP contribution in [-0.2, 0) is 13.0 Å². The summed E-state index contributed by atoms with van der Waals surface area (Å²) >= 11 is 0. The van der Waals surface area contributed by atoms with E-state index in [-0.39, 0.29) is 18.4 Å². The molecule has 6 heteroatoms. The number of benzene rings is 2. The Hall–Kier alpha value is -2.86. The molecule has 0 radical (unpaired) electrons. The number of aromatic nitrogens is 2. The Morgan fingerprint density at radius 3 is 2.83 bits per heavy atom. The summed E-state index contributed by atoms with van der Waals surface area (Å²) in [4.78, 5) is 10.7. The number of methoxy groups -OCH3 is 1. The molecule has 6 rings (SSSR count). The van der Waals surface area contributed by atoms with Crippen LogP contribution < -0.4 is 10.1 Å². The predicted octanol–water partition coefficient (Wildman–Crippen LogP) is 5.96. The smallest absolute Gasteiger partial charge is 0.123 e. The lowest BCUT2D eigenvalue weighted by Gasteiger charge is -2.36. The third-order valence-corrected chi connectivity index (χ3v) is 7.55. The molecule has 2 unspecified atom stereocenters. The molecule has 4 heterocycles. The maximum absolute atomic E-state index is 5.82. The van der Waals surface area contributed by atoms with E-state index < -0.39 is 0 Å². The number of likely N-dealkylation sites (tertiary alicyclic amines) is 1. The molecule has 182 valence electrons. The number of hydrogen-bond donors (Lipinski definition) is 2. The standard InChI is InChI=1S/C29H32N4O.ClH/c1-34-27-12-11-20(28-29-24(13-15-31-28)23-8-2-3-9-25(23)32-29)17-22(27)19-33-16-5-4-10-26(33)21-7-6-14-30-18-21;/h2-3,6-9,11-12,14,17-18,26,28,31-32H,4-5,10,13,15-16,19H2,1H3;1H. The summed E-state index contributed by atoms with van der Waals surface area (Å²) in [5, 5.41) is 5.11. The van der Waals surface area contributed by atoms with E-state index in [0.717, 1.165) is 31.8 Å². The van der Waals surface area contributed by atoms with Gasteiger partial charge >= 0.3 is 0 Å². The van der Waals surface area contributed by atoms with Gasteiger partial charge in [-0.05, 0) is 66.8 Å². The fourth-order valence-electron chi connectivity index (χ4n) is 5.92. The van der Waals surface area contributed by atoms with Crippen LogP contribution in [0.25, 0.3) is 10.9 Å². The van der Waals surface area contributed by atoms with E-state index in [9.17, 15) is 0 Å². The van der Waals surface area contributed by atoms with Crippen molar-refractivity contribution in [3.63, 3.8) is 0 Å². The van der Waals surface area contributed by atoms with E-state index in [4.69, 9.17) is 4.74 Å². The molecule has 2 aliphatic heterocycles. The van der Waals surface area contributed by atoms with Crippen LogP contribution in [0, 0.1) is 0 Å². The Balaban J connectivity index is 0.00000253. The average molecular weight is 489 g/mol. The van der Waals surface area contributed by atoms with Gasteiger partial charge in [-0.15, -0.1) is 12.4 Å². The zero-order valence-corrected chi connectivity index (χ0v) is 21.0. The van der Waals surface area contributed by atoms with Crippen molar-refractivity contribution in [2.45, 2.75) is 44.3 Å². The van der Waals surface area contributed by atoms with Crippen molar-refractivity contribution in [2.24, 2.45) is 0 Å². The van der Waals surface area contributed by atoms with Gasteiger partial charge in [-0.3, -0.25) is 9.88 Å². The predicted molar refractivity (Wildman–Crippen MR) is 143 cm³/mol. The number of para-hydroxylation sites is 1. The highest BCUT2D eigenvalue weighted by atomic mass is 35.5. The fourth-order valence-corrected chi connectivity index (χ4v) is 5.92. The number of ether oxygens (including phenoxy) is 1. The first-order valence-electron chi connectivity index (χ1n) is 12.5. The Labute approximate surface area is 213 Å². The van der Waals surface area contributed by atoms with Gasteiger partial charge < -0.3 is 15.0 Å². The van der Waals surface area contributed by atoms with Crippen molar-refractivity contribution in [3.05, 3.63) is 94.9 Å². The van der Waals surface area contributed by atoms with Crippen molar-refractivity contribution in [3.8, 4) is 5.75 Å². The third kappa shape index (κ3) is 4.56. The van der Waals surface area contributed by atoms with Crippen LogP contribution in [-0.4, -0.2) is 35.1 Å². The van der Waals surface area contributed by atoms with Crippen molar-refractivity contribution in [1.82, 2.24) is 20.2 Å². The zero-order chi connectivity index (χ0) is 22.9. The van der Waals surface area contributed by atoms with Crippen LogP contribution in [0.15, 0.2) is 67.0 Å². The van der Waals surface area contributed by atoms with Crippen molar-refractivity contribution in [1.29, 1.82) is 0 Å². The molecule has 0 spiro atoms. The number of halogens is 1. The molecule has 2 aliphatic rings. The SMILES string of the molecule is COc1ccc(C2NCCc3c2[nH]c2ccccc32)cc1CN1CCCCC1c1cccnc1.Cl. The van der Waals surface area contributed by atoms with Crippen LogP contribution in [0.4, 0.5) is 0 Å². The fraction of sp³-hybridized carbons (Fsp3) is 0.345. The molecule has 0 saturated carbocycles. The van der Waals surface area contributed by atoms with Crippen LogP contribution >= 0.6 is 12.4 Å². The number of H-pyrrole nitrogens is 1. The molecule has 0 amide bonds. The Bertz CT molecular complexity index is 1290. The quantitative estimate of drug-likeness (QED) is 0.364. The molecule has 4 aromatic rings. The monoisotopic (exact) mass is 488 g/mol. The second-order valence-corrected chi connectivity index (χ2v) is 9.54. The summed E-state index contributed by atoms with van der Waals surface area (Å²) in [7, 11) is 1.78. The molecular weight excluding hydrogens is 456 g/mol. The molecule has 0 aliphatic carbocycles. The van der Waals surface area contributed by atoms with Crippen molar-refractivity contribution >= 4 is 23.3 Å². The first-order chi connectivity index (χ1) is 16.8. The summed E-state index contributed by atoms with van der Waals surface area (Å²) < 4.78 is 5.82. The minimum Gasteiger partial charge on any atom is -0.496 e. The normalized spacial score (nSPS) is 20.3. The van der Waals surface area contributed by atoms with E-state index in [0.29, 0.717) is 6.04 Å². The average Bonchev–Trinajstić information content (AvgIpc) is 3.28. The van der Waals surface area contributed by atoms with E-state index in [2.05, 4.69) is 74.8 Å². The Morgan fingerprint density at radius 1 is 1.06 bits per heavy atom. The first kappa shape index (κ1) is 23.9. The second kappa shape index (κ2) is 10.4. The molecule has 2 atom stereocenters. The maximum atomic E-state index is 5.82. The van der Waals surface area contributed by atoms with E-state index in [1.165, 1.54) is 58.1 Å². The number of piperidine rings is 1. The van der Waals surface area contributed by atoms with Crippen molar-refractivity contribution in [2.75, 3.05) is 20.2 Å². The summed E-state index contributed by atoms with van der Waals surface area (Å²) in [6.45, 7) is 2.96. The van der Waals surface area contributed by atoms with Gasteiger partial charge in [0.05, 0.1) is 13.2 Å². The summed E-state index contributed by atoms with van der Waals surface area (Å²) in [5.41, 5.74) is 7.83. The van der Waals surface area contributed by atoms with Gasteiger partial charge in [0.25, 0.3) is 0 Å². The highest BCUT2D eigenvalue weighted by Gasteiger charge is 2.28. The molecule has 1 saturated heterocycles. The van der Waals surface area contributed by atoms with Gasteiger partial charge in [-0.25, -0.2) is 0 Å². The molecule has 35 heavy (non-hydrogen) atoms. The van der Waals surface area contributed by atoms with E-state index in [1.54, 1.807) is 7.11 Å². The van der Waals surface area contributed by atoms with Crippen LogP contribution in [0.1, 0.15) is 59.3 Å². The van der Waals surface area contributed by atoms with Crippen LogP contribution in [0.3, 0.4) is 0 Å². The lowest BCUT2D eigenvalue weighted by Crippen LogP contribution is -2.33. The number of pyridine rings is 1. The number of nitrogens with one attached hydrogen (secondary N) is 2. The molecule has 0 bridgehead atoms. The van der Waals surface area contributed by atoms with Gasteiger partial charge in [-0.2, -0.15) is 0 Å². The molecular formula is C29H33ClN4O. The molecule has 2 aromatic carbocycles. The largest absolute Gasteiger partial charge is 0.496 e. The topological polar surface area (TPSA) is 53.2 Å². The lowest BCUT2D eigenvalue weighted by molar-refractivity contribution is 0.139. The van der Waals surface area contributed by atoms with Gasteiger partial charge in [0.2, 0.25) is 0 Å². The highest BCUT2D eigenvalue weighted by Crippen LogP contribution is 2.37. The van der Waals surface area contributed by atoms with E-state index >= 15 is 0 Å². The second-order valence-electron chi connectivity index (χ2n) is 9.54. The highest BCUT2D eigenvalue weighted by molar-refractivity contribution is 5.85. The first-order valence-corrected chi connectivity index (χ1v) is 12.5. The summed E-state index contributed by atoms with van der Waals surface area (Å²) in [6.07, 6.45) is 8.62. The number of fused-ring (bicyclic) bond motifs is 3. The molecule has 2 aromatic heterocycles. The third-order valence-electron chi connectivity index (χ3n) is 7.55. The van der Waals surface area contributed by atoms with Crippen molar-refractivity contribution < 1.29 is 4.74 Å². The van der Waals surface area contributed by atoms with Gasteiger partial charge in [0, 0.05) is 53.7 Å². The van der Waals surface area contributed by atoms with Crippen LogP contribution in [0.2, 0.25) is 0 Å². The maximum Gasteiger partial charge on any atom is 0.123 e. The van der Waals surface area contributed by atoms with E-state index in [1.807, 2.05) is 12.4 Å². The summed E-state index contributed by atoms with van der Waals surface area (Å²) in [5.74, 6) is 0.965. The minimum atomic E-state index is 0. The molecule has 2 N–H and O–H groups in total. The van der Waals surface area contributed by atoms with Crippen LogP contribution in [0.5, 0.6) is 5.75 Å². The lowest BCUT2D eigenvalue weighted by atomic mass is 9.92. The number of nitrogens with zero attached hydrogens (tertiary/aromatic N) is 2. The minimum absolute atomic E-state index is 0. The Kier molecular flexibility index (Phi) is 7.09.